The van der Waals surface area contributed by atoms with E-state index in [9.17, 15) is 15.2 Å². The maximum Gasteiger partial charge on any atom is 0.269 e. The third kappa shape index (κ3) is 4.30. The lowest BCUT2D eigenvalue weighted by molar-refractivity contribution is -0.384. The van der Waals surface area contributed by atoms with Crippen LogP contribution in [0.1, 0.15) is 31.0 Å². The Morgan fingerprint density at radius 1 is 1.21 bits per heavy atom. The van der Waals surface area contributed by atoms with E-state index in [1.807, 2.05) is 24.3 Å². The zero-order valence-electron chi connectivity index (χ0n) is 16.0. The van der Waals surface area contributed by atoms with Crippen LogP contribution in [0.2, 0.25) is 0 Å². The minimum atomic E-state index is -0.735. The van der Waals surface area contributed by atoms with Crippen molar-refractivity contribution in [1.82, 2.24) is 9.55 Å². The smallest absolute Gasteiger partial charge is 0.269 e. The van der Waals surface area contributed by atoms with Crippen molar-refractivity contribution in [2.45, 2.75) is 37.8 Å². The number of aliphatic hydroxyl groups excluding tert-OH is 1. The number of ether oxygens (including phenoxy) is 1. The summed E-state index contributed by atoms with van der Waals surface area (Å²) in [5.41, 5.74) is 1.95. The van der Waals surface area contributed by atoms with Gasteiger partial charge in [0.15, 0.2) is 0 Å². The van der Waals surface area contributed by atoms with Gasteiger partial charge in [0.2, 0.25) is 0 Å². The average molecular weight is 393 g/mol. The minimum Gasteiger partial charge on any atom is -0.491 e. The fourth-order valence-electron chi connectivity index (χ4n) is 3.75. The monoisotopic (exact) mass is 393 g/mol. The zero-order chi connectivity index (χ0) is 20.2. The zero-order valence-corrected chi connectivity index (χ0v) is 16.0. The van der Waals surface area contributed by atoms with Crippen LogP contribution in [0.3, 0.4) is 0 Å². The highest BCUT2D eigenvalue weighted by molar-refractivity contribution is 5.76. The molecule has 2 unspecified atom stereocenters. The largest absolute Gasteiger partial charge is 0.491 e. The molecule has 1 N–H and O–H groups in total. The normalized spacial score (nSPS) is 17.3. The molecular weight excluding hydrogens is 370 g/mol. The van der Waals surface area contributed by atoms with Crippen LogP contribution in [-0.4, -0.2) is 32.3 Å². The van der Waals surface area contributed by atoms with E-state index in [-0.39, 0.29) is 12.3 Å². The van der Waals surface area contributed by atoms with Gasteiger partial charge in [-0.25, -0.2) is 4.98 Å². The van der Waals surface area contributed by atoms with Crippen molar-refractivity contribution in [3.8, 4) is 5.75 Å². The summed E-state index contributed by atoms with van der Waals surface area (Å²) in [5.74, 6) is 1.84. The van der Waals surface area contributed by atoms with Gasteiger partial charge in [0.25, 0.3) is 5.69 Å². The van der Waals surface area contributed by atoms with Crippen molar-refractivity contribution in [2.75, 3.05) is 6.61 Å². The molecule has 1 aliphatic carbocycles. The predicted molar refractivity (Wildman–Crippen MR) is 110 cm³/mol. The summed E-state index contributed by atoms with van der Waals surface area (Å²) in [6.07, 6.45) is 6.72. The molecule has 0 amide bonds. The number of benzene rings is 2. The van der Waals surface area contributed by atoms with E-state index in [1.54, 1.807) is 0 Å². The highest BCUT2D eigenvalue weighted by Gasteiger charge is 2.22. The number of para-hydroxylation sites is 2. The van der Waals surface area contributed by atoms with Gasteiger partial charge in [-0.15, -0.1) is 0 Å². The molecule has 7 nitrogen and oxygen atoms in total. The molecule has 0 aliphatic heterocycles. The molecule has 7 heteroatoms. The molecule has 1 aromatic heterocycles. The first-order chi connectivity index (χ1) is 14.1. The van der Waals surface area contributed by atoms with Crippen molar-refractivity contribution in [1.29, 1.82) is 0 Å². The summed E-state index contributed by atoms with van der Waals surface area (Å²) in [4.78, 5) is 15.1. The van der Waals surface area contributed by atoms with Gasteiger partial charge < -0.3 is 14.4 Å². The van der Waals surface area contributed by atoms with Crippen molar-refractivity contribution >= 4 is 16.7 Å². The number of nitrogens with zero attached hydrogens (tertiary/aromatic N) is 3. The number of hydrogen-bond donors (Lipinski definition) is 1. The maximum absolute atomic E-state index is 10.7. The summed E-state index contributed by atoms with van der Waals surface area (Å²) in [6, 6.07) is 13.8. The lowest BCUT2D eigenvalue weighted by atomic mass is 9.93. The number of aromatic nitrogens is 2. The fraction of sp³-hybridized carbons (Fsp3) is 0.318. The third-order valence-corrected chi connectivity index (χ3v) is 5.20. The van der Waals surface area contributed by atoms with Gasteiger partial charge in [-0.1, -0.05) is 24.3 Å². The lowest BCUT2D eigenvalue weighted by Gasteiger charge is -2.21. The van der Waals surface area contributed by atoms with Crippen molar-refractivity contribution in [3.05, 3.63) is 76.6 Å². The number of allylic oxidation sites excluding steroid dienone is 2. The first kappa shape index (κ1) is 19.1. The summed E-state index contributed by atoms with van der Waals surface area (Å²) >= 11 is 0. The molecule has 150 valence electrons. The fourth-order valence-corrected chi connectivity index (χ4v) is 3.75. The number of nitro benzene ring substituents is 1. The highest BCUT2D eigenvalue weighted by Crippen LogP contribution is 2.31. The number of aliphatic hydroxyl groups is 1. The van der Waals surface area contributed by atoms with Crippen LogP contribution < -0.4 is 4.74 Å². The van der Waals surface area contributed by atoms with E-state index in [2.05, 4.69) is 16.7 Å². The Kier molecular flexibility index (Phi) is 5.57. The Morgan fingerprint density at radius 3 is 2.72 bits per heavy atom. The van der Waals surface area contributed by atoms with Gasteiger partial charge in [-0.3, -0.25) is 10.1 Å². The van der Waals surface area contributed by atoms with Gasteiger partial charge in [-0.05, 0) is 43.5 Å². The predicted octanol–water partition coefficient (Wildman–Crippen LogP) is 4.21. The minimum absolute atomic E-state index is 0.00829. The number of rotatable bonds is 7. The van der Waals surface area contributed by atoms with Crippen LogP contribution in [0.15, 0.2) is 60.7 Å². The Morgan fingerprint density at radius 2 is 2.00 bits per heavy atom. The van der Waals surface area contributed by atoms with E-state index in [0.717, 1.165) is 36.1 Å². The van der Waals surface area contributed by atoms with Gasteiger partial charge in [-0.2, -0.15) is 0 Å². The Balaban J connectivity index is 1.49. The first-order valence-corrected chi connectivity index (χ1v) is 9.77. The van der Waals surface area contributed by atoms with Crippen LogP contribution in [-0.2, 0) is 6.54 Å². The first-order valence-electron chi connectivity index (χ1n) is 9.77. The molecule has 1 aliphatic rings. The molecule has 0 saturated heterocycles. The molecule has 3 aromatic rings. The van der Waals surface area contributed by atoms with Gasteiger partial charge >= 0.3 is 0 Å². The molecular formula is C22H23N3O4. The number of nitro groups is 1. The van der Waals surface area contributed by atoms with E-state index in [4.69, 9.17) is 9.72 Å². The number of hydrogen-bond acceptors (Lipinski definition) is 5. The van der Waals surface area contributed by atoms with Crippen molar-refractivity contribution in [2.24, 2.45) is 0 Å². The van der Waals surface area contributed by atoms with E-state index in [0.29, 0.717) is 18.2 Å². The highest BCUT2D eigenvalue weighted by atomic mass is 16.6. The number of imidazole rings is 1. The van der Waals surface area contributed by atoms with Crippen LogP contribution in [0.5, 0.6) is 5.75 Å². The second-order valence-corrected chi connectivity index (χ2v) is 7.27. The van der Waals surface area contributed by atoms with Crippen molar-refractivity contribution < 1.29 is 14.8 Å². The Labute approximate surface area is 168 Å². The van der Waals surface area contributed by atoms with Crippen LogP contribution in [0.4, 0.5) is 5.69 Å². The lowest BCUT2D eigenvalue weighted by Crippen LogP contribution is -2.25. The van der Waals surface area contributed by atoms with E-state index < -0.39 is 11.0 Å². The molecule has 2 aromatic carbocycles. The molecule has 0 fully saturated rings. The van der Waals surface area contributed by atoms with Gasteiger partial charge in [0.1, 0.15) is 24.3 Å². The SMILES string of the molecule is O=[N+]([O-])c1ccc(OCC(O)Cn2c(C3CC=CCC3)nc3ccccc32)cc1. The van der Waals surface area contributed by atoms with E-state index in [1.165, 1.54) is 24.3 Å². The summed E-state index contributed by atoms with van der Waals surface area (Å²) < 4.78 is 7.73. The van der Waals surface area contributed by atoms with Gasteiger partial charge in [0, 0.05) is 18.1 Å². The van der Waals surface area contributed by atoms with Crippen LogP contribution in [0.25, 0.3) is 11.0 Å². The molecule has 0 bridgehead atoms. The molecule has 4 rings (SSSR count). The standard InChI is InChI=1S/C22H23N3O4/c26-18(15-29-19-12-10-17(11-13-19)25(27)28)14-24-21-9-5-4-8-20(21)23-22(24)16-6-2-1-3-7-16/h1-2,4-5,8-13,16,18,26H,3,6-7,14-15H2. The molecule has 29 heavy (non-hydrogen) atoms. The van der Waals surface area contributed by atoms with Gasteiger partial charge in [0.05, 0.1) is 22.5 Å². The molecule has 1 heterocycles. The summed E-state index contributed by atoms with van der Waals surface area (Å²) in [5, 5.41) is 21.3. The maximum atomic E-state index is 10.7. The third-order valence-electron chi connectivity index (χ3n) is 5.20. The van der Waals surface area contributed by atoms with Crippen LogP contribution in [0, 0.1) is 10.1 Å². The Hall–Kier alpha value is -3.19. The van der Waals surface area contributed by atoms with Crippen LogP contribution >= 0.6 is 0 Å². The second kappa shape index (κ2) is 8.45. The van der Waals surface area contributed by atoms with E-state index >= 15 is 0 Å². The number of fused-ring (bicyclic) bond motifs is 1. The Bertz CT molecular complexity index is 1030. The quantitative estimate of drug-likeness (QED) is 0.369. The molecule has 0 saturated carbocycles. The average Bonchev–Trinajstić information content (AvgIpc) is 3.11. The molecule has 0 radical (unpaired) electrons. The molecule has 0 spiro atoms. The second-order valence-electron chi connectivity index (χ2n) is 7.27. The number of non-ortho nitro benzene ring substituents is 1. The topological polar surface area (TPSA) is 90.4 Å². The molecule has 2 atom stereocenters. The summed E-state index contributed by atoms with van der Waals surface area (Å²) in [7, 11) is 0. The van der Waals surface area contributed by atoms with Crippen molar-refractivity contribution in [3.63, 3.8) is 0 Å². The summed E-state index contributed by atoms with van der Waals surface area (Å²) in [6.45, 7) is 0.470.